The zero-order valence-corrected chi connectivity index (χ0v) is 9.65. The number of nitrogens with one attached hydrogen (secondary N) is 1. The molecule has 1 amide bonds. The predicted octanol–water partition coefficient (Wildman–Crippen LogP) is -0.381. The quantitative estimate of drug-likeness (QED) is 0.526. The summed E-state index contributed by atoms with van der Waals surface area (Å²) in [4.78, 5) is 35.3. The summed E-state index contributed by atoms with van der Waals surface area (Å²) in [6.45, 7) is 2.31. The minimum atomic E-state index is -1.28. The van der Waals surface area contributed by atoms with E-state index in [0.717, 1.165) is 0 Å². The maximum absolute atomic E-state index is 12.0. The molecule has 2 saturated heterocycles. The lowest BCUT2D eigenvalue weighted by Gasteiger charge is -2.25. The predicted molar refractivity (Wildman–Crippen MR) is 55.8 cm³/mol. The van der Waals surface area contributed by atoms with E-state index < -0.39 is 23.3 Å². The van der Waals surface area contributed by atoms with Crippen LogP contribution in [0.15, 0.2) is 0 Å². The molecular formula is C11H15NO5. The van der Waals surface area contributed by atoms with Gasteiger partial charge in [0, 0.05) is 18.9 Å². The molecule has 2 aliphatic rings. The third kappa shape index (κ3) is 1.77. The number of esters is 2. The van der Waals surface area contributed by atoms with Crippen LogP contribution in [-0.2, 0) is 23.9 Å². The Bertz CT molecular complexity index is 367. The van der Waals surface area contributed by atoms with E-state index in [9.17, 15) is 14.4 Å². The van der Waals surface area contributed by atoms with Crippen molar-refractivity contribution in [2.75, 3.05) is 19.8 Å². The van der Waals surface area contributed by atoms with E-state index in [1.807, 2.05) is 0 Å². The molecule has 2 aliphatic heterocycles. The molecule has 2 heterocycles. The summed E-state index contributed by atoms with van der Waals surface area (Å²) in [5, 5.41) is 2.66. The summed E-state index contributed by atoms with van der Waals surface area (Å²) in [5.74, 6) is -1.68. The standard InChI is InChI=1S/C11H15NO5/c1-2-16-9(14)11-3-4-12-8(13)5-7(11)6-17-10(11)15/h7H,2-6H2,1H3,(H,12,13). The summed E-state index contributed by atoms with van der Waals surface area (Å²) in [6, 6.07) is 0. The lowest BCUT2D eigenvalue weighted by atomic mass is 9.74. The molecule has 2 unspecified atom stereocenters. The highest BCUT2D eigenvalue weighted by Gasteiger charge is 2.60. The minimum Gasteiger partial charge on any atom is -0.465 e. The molecule has 0 radical (unpaired) electrons. The minimum absolute atomic E-state index is 0.116. The summed E-state index contributed by atoms with van der Waals surface area (Å²) in [5.41, 5.74) is -1.28. The monoisotopic (exact) mass is 241 g/mol. The number of rotatable bonds is 2. The van der Waals surface area contributed by atoms with Crippen molar-refractivity contribution < 1.29 is 23.9 Å². The van der Waals surface area contributed by atoms with Gasteiger partial charge in [0.2, 0.25) is 5.91 Å². The molecule has 0 saturated carbocycles. The second kappa shape index (κ2) is 4.35. The van der Waals surface area contributed by atoms with Gasteiger partial charge in [-0.05, 0) is 13.3 Å². The molecule has 17 heavy (non-hydrogen) atoms. The van der Waals surface area contributed by atoms with Crippen molar-refractivity contribution in [1.82, 2.24) is 5.32 Å². The lowest BCUT2D eigenvalue weighted by molar-refractivity contribution is -0.166. The Labute approximate surface area is 98.6 Å². The van der Waals surface area contributed by atoms with Crippen molar-refractivity contribution in [1.29, 1.82) is 0 Å². The van der Waals surface area contributed by atoms with Gasteiger partial charge in [0.15, 0.2) is 5.41 Å². The molecule has 2 rings (SSSR count). The first-order valence-corrected chi connectivity index (χ1v) is 5.72. The number of fused-ring (bicyclic) bond motifs is 1. The fourth-order valence-electron chi connectivity index (χ4n) is 2.46. The van der Waals surface area contributed by atoms with Crippen LogP contribution in [0.4, 0.5) is 0 Å². The Hall–Kier alpha value is -1.59. The number of ether oxygens (including phenoxy) is 2. The van der Waals surface area contributed by atoms with Gasteiger partial charge in [0.05, 0.1) is 13.2 Å². The topological polar surface area (TPSA) is 81.7 Å². The molecule has 0 bridgehead atoms. The van der Waals surface area contributed by atoms with Gasteiger partial charge in [-0.1, -0.05) is 0 Å². The van der Waals surface area contributed by atoms with Crippen LogP contribution in [0.5, 0.6) is 0 Å². The highest BCUT2D eigenvalue weighted by atomic mass is 16.6. The van der Waals surface area contributed by atoms with Crippen LogP contribution in [0.1, 0.15) is 19.8 Å². The van der Waals surface area contributed by atoms with E-state index in [4.69, 9.17) is 9.47 Å². The van der Waals surface area contributed by atoms with E-state index in [-0.39, 0.29) is 32.0 Å². The van der Waals surface area contributed by atoms with Crippen LogP contribution >= 0.6 is 0 Å². The summed E-state index contributed by atoms with van der Waals surface area (Å²) in [7, 11) is 0. The fourth-order valence-corrected chi connectivity index (χ4v) is 2.46. The molecule has 2 atom stereocenters. The van der Waals surface area contributed by atoms with Crippen LogP contribution < -0.4 is 5.32 Å². The van der Waals surface area contributed by atoms with Gasteiger partial charge in [-0.15, -0.1) is 0 Å². The maximum Gasteiger partial charge on any atom is 0.324 e. The van der Waals surface area contributed by atoms with Gasteiger partial charge in [-0.2, -0.15) is 0 Å². The van der Waals surface area contributed by atoms with Gasteiger partial charge < -0.3 is 14.8 Å². The summed E-state index contributed by atoms with van der Waals surface area (Å²) < 4.78 is 9.92. The molecule has 6 nitrogen and oxygen atoms in total. The Kier molecular flexibility index (Phi) is 3.04. The van der Waals surface area contributed by atoms with Crippen molar-refractivity contribution in [3.8, 4) is 0 Å². The smallest absolute Gasteiger partial charge is 0.324 e. The van der Waals surface area contributed by atoms with Gasteiger partial charge in [-0.3, -0.25) is 14.4 Å². The maximum atomic E-state index is 12.0. The van der Waals surface area contributed by atoms with Crippen LogP contribution in [0.25, 0.3) is 0 Å². The van der Waals surface area contributed by atoms with Crippen molar-refractivity contribution >= 4 is 17.8 Å². The molecule has 2 fully saturated rings. The van der Waals surface area contributed by atoms with Crippen molar-refractivity contribution in [2.45, 2.75) is 19.8 Å². The number of cyclic esters (lactones) is 1. The zero-order valence-electron chi connectivity index (χ0n) is 9.65. The molecular weight excluding hydrogens is 226 g/mol. The second-order valence-corrected chi connectivity index (χ2v) is 4.29. The number of carbonyl (C=O) groups is 3. The molecule has 94 valence electrons. The van der Waals surface area contributed by atoms with Crippen LogP contribution in [0.2, 0.25) is 0 Å². The SMILES string of the molecule is CCOC(=O)C12CCNC(=O)CC1COC2=O. The first-order chi connectivity index (χ1) is 8.11. The largest absolute Gasteiger partial charge is 0.465 e. The molecule has 0 aromatic carbocycles. The number of hydrogen-bond donors (Lipinski definition) is 1. The molecule has 0 spiro atoms. The van der Waals surface area contributed by atoms with Gasteiger partial charge in [0.25, 0.3) is 0 Å². The van der Waals surface area contributed by atoms with E-state index in [1.165, 1.54) is 0 Å². The van der Waals surface area contributed by atoms with E-state index in [1.54, 1.807) is 6.92 Å². The highest BCUT2D eigenvalue weighted by molar-refractivity contribution is 6.02. The average molecular weight is 241 g/mol. The zero-order chi connectivity index (χ0) is 12.5. The van der Waals surface area contributed by atoms with Crippen molar-refractivity contribution in [3.63, 3.8) is 0 Å². The van der Waals surface area contributed by atoms with E-state index in [2.05, 4.69) is 5.32 Å². The Morgan fingerprint density at radius 1 is 1.59 bits per heavy atom. The van der Waals surface area contributed by atoms with Crippen LogP contribution in [0.3, 0.4) is 0 Å². The number of carbonyl (C=O) groups excluding carboxylic acids is 3. The number of amides is 1. The van der Waals surface area contributed by atoms with Crippen molar-refractivity contribution in [2.24, 2.45) is 11.3 Å². The Morgan fingerprint density at radius 3 is 3.06 bits per heavy atom. The molecule has 1 N–H and O–H groups in total. The Morgan fingerprint density at radius 2 is 2.35 bits per heavy atom. The second-order valence-electron chi connectivity index (χ2n) is 4.29. The van der Waals surface area contributed by atoms with Gasteiger partial charge in [0.1, 0.15) is 0 Å². The highest BCUT2D eigenvalue weighted by Crippen LogP contribution is 2.43. The van der Waals surface area contributed by atoms with Gasteiger partial charge in [-0.25, -0.2) is 0 Å². The third-order valence-electron chi connectivity index (χ3n) is 3.39. The Balaban J connectivity index is 2.32. The first-order valence-electron chi connectivity index (χ1n) is 5.72. The molecule has 0 aliphatic carbocycles. The number of hydrogen-bond acceptors (Lipinski definition) is 5. The molecule has 6 heteroatoms. The van der Waals surface area contributed by atoms with Crippen molar-refractivity contribution in [3.05, 3.63) is 0 Å². The molecule has 0 aromatic heterocycles. The third-order valence-corrected chi connectivity index (χ3v) is 3.39. The fraction of sp³-hybridized carbons (Fsp3) is 0.727. The molecule has 0 aromatic rings. The average Bonchev–Trinajstić information content (AvgIpc) is 2.50. The first kappa shape index (κ1) is 11.9. The van der Waals surface area contributed by atoms with Crippen LogP contribution in [-0.4, -0.2) is 37.6 Å². The van der Waals surface area contributed by atoms with E-state index >= 15 is 0 Å². The van der Waals surface area contributed by atoms with E-state index in [0.29, 0.717) is 6.54 Å². The summed E-state index contributed by atoms with van der Waals surface area (Å²) in [6.07, 6.45) is 0.381. The van der Waals surface area contributed by atoms with Gasteiger partial charge >= 0.3 is 11.9 Å². The normalized spacial score (nSPS) is 32.2. The lowest BCUT2D eigenvalue weighted by Crippen LogP contribution is -2.43. The van der Waals surface area contributed by atoms with Crippen LogP contribution in [0, 0.1) is 11.3 Å². The summed E-state index contributed by atoms with van der Waals surface area (Å²) >= 11 is 0.